The molecule has 92 valence electrons. The average Bonchev–Trinajstić information content (AvgIpc) is 2.01. The maximum atomic E-state index is 5.61. The molecule has 0 spiro atoms. The van der Waals surface area contributed by atoms with E-state index in [1.54, 1.807) is 0 Å². The topological polar surface area (TPSA) is 18.5 Å². The predicted molar refractivity (Wildman–Crippen MR) is 72.6 cm³/mol. The van der Waals surface area contributed by atoms with Gasteiger partial charge >= 0.3 is 51.4 Å². The van der Waals surface area contributed by atoms with Crippen LogP contribution in [0.25, 0.3) is 0 Å². The summed E-state index contributed by atoms with van der Waals surface area (Å²) < 4.78 is 11.2. The fourth-order valence-electron chi connectivity index (χ4n) is 1.38. The molecule has 0 aromatic carbocycles. The molecule has 0 heterocycles. The molecule has 0 aromatic heterocycles. The molecular formula is C10H22KO2PS2. The van der Waals surface area contributed by atoms with Crippen LogP contribution in [0.15, 0.2) is 0 Å². The standard InChI is InChI=1S/C10H23O2PS2.K/c1-5-7-9(3)11-13(14,15)12-10(4)8-6-2;/h9-10H,5-8H2,1-4H3,(H,14,15);/q;+1/p-1. The second-order valence-corrected chi connectivity index (χ2v) is 8.75. The summed E-state index contributed by atoms with van der Waals surface area (Å²) >= 11 is 10.4. The molecule has 0 bridgehead atoms. The third kappa shape index (κ3) is 11.8. The van der Waals surface area contributed by atoms with Crippen LogP contribution in [0.1, 0.15) is 53.4 Å². The summed E-state index contributed by atoms with van der Waals surface area (Å²) in [4.78, 5) is 0. The Labute approximate surface area is 154 Å². The first-order chi connectivity index (χ1) is 6.91. The van der Waals surface area contributed by atoms with Gasteiger partial charge in [-0.15, -0.1) is 0 Å². The fourth-order valence-corrected chi connectivity index (χ4v) is 4.29. The molecule has 2 unspecified atom stereocenters. The minimum atomic E-state index is -2.45. The van der Waals surface area contributed by atoms with Crippen LogP contribution >= 0.6 is 6.12 Å². The van der Waals surface area contributed by atoms with Crippen molar-refractivity contribution in [3.63, 3.8) is 0 Å². The zero-order valence-corrected chi connectivity index (χ0v) is 16.7. The first kappa shape index (κ1) is 21.0. The van der Waals surface area contributed by atoms with Crippen molar-refractivity contribution >= 4 is 30.6 Å². The van der Waals surface area contributed by atoms with Crippen molar-refractivity contribution in [2.75, 3.05) is 0 Å². The van der Waals surface area contributed by atoms with Crippen LogP contribution in [0.3, 0.4) is 0 Å². The van der Waals surface area contributed by atoms with Crippen molar-refractivity contribution in [2.24, 2.45) is 0 Å². The van der Waals surface area contributed by atoms with Crippen LogP contribution in [-0.2, 0) is 33.5 Å². The normalized spacial score (nSPS) is 15.4. The van der Waals surface area contributed by atoms with Crippen LogP contribution in [0.5, 0.6) is 0 Å². The van der Waals surface area contributed by atoms with Crippen molar-refractivity contribution in [1.29, 1.82) is 0 Å². The van der Waals surface area contributed by atoms with Gasteiger partial charge < -0.3 is 24.5 Å². The smallest absolute Gasteiger partial charge is 0.515 e. The van der Waals surface area contributed by atoms with E-state index in [1.165, 1.54) is 0 Å². The first-order valence-corrected chi connectivity index (χ1v) is 9.24. The summed E-state index contributed by atoms with van der Waals surface area (Å²) in [5.41, 5.74) is 0. The van der Waals surface area contributed by atoms with E-state index in [1.807, 2.05) is 13.8 Å². The van der Waals surface area contributed by atoms with E-state index < -0.39 is 6.12 Å². The second kappa shape index (κ2) is 11.5. The summed E-state index contributed by atoms with van der Waals surface area (Å²) in [7, 11) is 0. The molecule has 0 fully saturated rings. The minimum Gasteiger partial charge on any atom is -0.515 e. The zero-order valence-electron chi connectivity index (χ0n) is 11.1. The summed E-state index contributed by atoms with van der Waals surface area (Å²) in [5.74, 6) is 0. The van der Waals surface area contributed by atoms with Crippen LogP contribution < -0.4 is 51.4 Å². The van der Waals surface area contributed by atoms with Crippen molar-refractivity contribution in [2.45, 2.75) is 65.6 Å². The van der Waals surface area contributed by atoms with E-state index in [0.29, 0.717) is 0 Å². The van der Waals surface area contributed by atoms with Crippen LogP contribution in [0.4, 0.5) is 0 Å². The van der Waals surface area contributed by atoms with E-state index in [0.717, 1.165) is 25.7 Å². The Hall–Kier alpha value is 2.69. The summed E-state index contributed by atoms with van der Waals surface area (Å²) in [5, 5.41) is 0. The Morgan fingerprint density at radius 1 is 0.938 bits per heavy atom. The summed E-state index contributed by atoms with van der Waals surface area (Å²) in [6, 6.07) is 0. The zero-order chi connectivity index (χ0) is 11.9. The predicted octanol–water partition coefficient (Wildman–Crippen LogP) is 1.17. The molecule has 0 aliphatic rings. The number of hydrogen-bond acceptors (Lipinski definition) is 4. The molecule has 6 heteroatoms. The van der Waals surface area contributed by atoms with Gasteiger partial charge in [-0.05, 0) is 26.7 Å². The van der Waals surface area contributed by atoms with E-state index in [4.69, 9.17) is 33.5 Å². The largest absolute Gasteiger partial charge is 1.00 e. The van der Waals surface area contributed by atoms with Gasteiger partial charge in [-0.2, -0.15) is 0 Å². The van der Waals surface area contributed by atoms with Gasteiger partial charge in [0, 0.05) is 6.12 Å². The van der Waals surface area contributed by atoms with Gasteiger partial charge in [-0.25, -0.2) is 9.05 Å². The summed E-state index contributed by atoms with van der Waals surface area (Å²) in [6.07, 6.45) is 1.92. The van der Waals surface area contributed by atoms with Crippen molar-refractivity contribution < 1.29 is 60.4 Å². The molecule has 0 aliphatic carbocycles. The maximum absolute atomic E-state index is 5.61. The molecule has 0 radical (unpaired) electrons. The Kier molecular flexibility index (Phi) is 15.1. The third-order valence-corrected chi connectivity index (χ3v) is 4.28. The monoisotopic (exact) mass is 308 g/mol. The van der Waals surface area contributed by atoms with Gasteiger partial charge in [0.25, 0.3) is 0 Å². The Morgan fingerprint density at radius 3 is 1.50 bits per heavy atom. The minimum absolute atomic E-state index is 0. The van der Waals surface area contributed by atoms with Gasteiger partial charge in [0.1, 0.15) is 0 Å². The molecule has 0 aromatic rings. The van der Waals surface area contributed by atoms with E-state index in [-0.39, 0.29) is 63.6 Å². The number of rotatable bonds is 8. The van der Waals surface area contributed by atoms with Gasteiger partial charge in [-0.3, -0.25) is 0 Å². The molecule has 16 heavy (non-hydrogen) atoms. The molecular weight excluding hydrogens is 286 g/mol. The molecule has 0 N–H and O–H groups in total. The van der Waals surface area contributed by atoms with Crippen LogP contribution in [-0.4, -0.2) is 12.2 Å². The molecule has 0 aliphatic heterocycles. The van der Waals surface area contributed by atoms with Crippen molar-refractivity contribution in [3.05, 3.63) is 0 Å². The van der Waals surface area contributed by atoms with Crippen LogP contribution in [0.2, 0.25) is 0 Å². The molecule has 2 atom stereocenters. The van der Waals surface area contributed by atoms with Gasteiger partial charge in [0.05, 0.1) is 12.2 Å². The van der Waals surface area contributed by atoms with Gasteiger partial charge in [-0.1, -0.05) is 26.7 Å². The van der Waals surface area contributed by atoms with Gasteiger partial charge in [0.2, 0.25) is 0 Å². The Morgan fingerprint density at radius 2 is 1.25 bits per heavy atom. The van der Waals surface area contributed by atoms with E-state index in [2.05, 4.69) is 13.8 Å². The molecule has 0 saturated carbocycles. The maximum Gasteiger partial charge on any atom is 1.00 e. The SMILES string of the molecule is CCCC(C)O[P+]([S-])([S-])OC(C)CCC.[K+]. The fraction of sp³-hybridized carbons (Fsp3) is 1.00. The first-order valence-electron chi connectivity index (χ1n) is 5.59. The number of hydrogen-bond donors (Lipinski definition) is 0. The van der Waals surface area contributed by atoms with E-state index >= 15 is 0 Å². The Balaban J connectivity index is 0. The molecule has 0 saturated heterocycles. The second-order valence-electron chi connectivity index (χ2n) is 3.86. The quantitative estimate of drug-likeness (QED) is 0.380. The Bertz CT molecular complexity index is 157. The third-order valence-electron chi connectivity index (χ3n) is 2.01. The van der Waals surface area contributed by atoms with Crippen molar-refractivity contribution in [3.8, 4) is 0 Å². The molecule has 0 rings (SSSR count). The summed E-state index contributed by atoms with van der Waals surface area (Å²) in [6.45, 7) is 8.25. The molecule has 0 amide bonds. The van der Waals surface area contributed by atoms with Crippen LogP contribution in [0, 0.1) is 0 Å². The molecule has 2 nitrogen and oxygen atoms in total. The van der Waals surface area contributed by atoms with Crippen molar-refractivity contribution in [1.82, 2.24) is 0 Å². The van der Waals surface area contributed by atoms with Gasteiger partial charge in [0.15, 0.2) is 0 Å². The average molecular weight is 308 g/mol. The van der Waals surface area contributed by atoms with E-state index in [9.17, 15) is 0 Å².